The van der Waals surface area contributed by atoms with Crippen LogP contribution in [0.15, 0.2) is 6.07 Å². The quantitative estimate of drug-likeness (QED) is 0.766. The molecule has 0 saturated carbocycles. The first-order valence-electron chi connectivity index (χ1n) is 5.41. The molecule has 1 heterocycles. The van der Waals surface area contributed by atoms with Gasteiger partial charge in [-0.25, -0.2) is 4.98 Å². The molecule has 0 aliphatic heterocycles. The monoisotopic (exact) mass is 265 g/mol. The fourth-order valence-electron chi connectivity index (χ4n) is 1.12. The number of halogens is 3. The van der Waals surface area contributed by atoms with Crippen LogP contribution in [-0.4, -0.2) is 34.8 Å². The summed E-state index contributed by atoms with van der Waals surface area (Å²) in [4.78, 5) is 7.13. The molecule has 1 rings (SSSR count). The number of anilines is 1. The Morgan fingerprint density at radius 3 is 2.67 bits per heavy atom. The standard InChI is InChI=1S/C10H14F3N3O2/c1-2-14-9-15-7(10(11,12)13)6-8(16-9)18-5-3-4-17/h6,17H,2-5H2,1H3,(H,14,15,16). The number of rotatable bonds is 6. The van der Waals surface area contributed by atoms with Gasteiger partial charge in [0.1, 0.15) is 0 Å². The van der Waals surface area contributed by atoms with Crippen molar-refractivity contribution in [1.82, 2.24) is 9.97 Å². The number of aliphatic hydroxyl groups is 1. The first-order chi connectivity index (χ1) is 8.47. The number of nitrogens with one attached hydrogen (secondary N) is 1. The van der Waals surface area contributed by atoms with Gasteiger partial charge in [-0.05, 0) is 6.92 Å². The zero-order valence-electron chi connectivity index (χ0n) is 9.79. The van der Waals surface area contributed by atoms with Gasteiger partial charge in [0, 0.05) is 25.6 Å². The fourth-order valence-corrected chi connectivity index (χ4v) is 1.12. The van der Waals surface area contributed by atoms with E-state index in [0.717, 1.165) is 6.07 Å². The molecule has 0 aliphatic rings. The summed E-state index contributed by atoms with van der Waals surface area (Å²) in [6, 6.07) is 0.734. The van der Waals surface area contributed by atoms with Gasteiger partial charge in [-0.3, -0.25) is 0 Å². The van der Waals surface area contributed by atoms with Crippen LogP contribution in [0.25, 0.3) is 0 Å². The Labute approximate surface area is 102 Å². The zero-order valence-corrected chi connectivity index (χ0v) is 9.79. The summed E-state index contributed by atoms with van der Waals surface area (Å²) in [5.41, 5.74) is -1.06. The molecule has 2 N–H and O–H groups in total. The topological polar surface area (TPSA) is 67.3 Å². The lowest BCUT2D eigenvalue weighted by molar-refractivity contribution is -0.141. The van der Waals surface area contributed by atoms with E-state index in [1.54, 1.807) is 6.92 Å². The van der Waals surface area contributed by atoms with Crippen LogP contribution in [0, 0.1) is 0 Å². The van der Waals surface area contributed by atoms with Crippen LogP contribution in [0.3, 0.4) is 0 Å². The maximum atomic E-state index is 12.6. The number of hydrogen-bond donors (Lipinski definition) is 2. The van der Waals surface area contributed by atoms with Crippen molar-refractivity contribution in [2.45, 2.75) is 19.5 Å². The minimum atomic E-state index is -4.55. The van der Waals surface area contributed by atoms with Crippen LogP contribution in [0.2, 0.25) is 0 Å². The Morgan fingerprint density at radius 1 is 1.39 bits per heavy atom. The van der Waals surface area contributed by atoms with Crippen molar-refractivity contribution in [2.24, 2.45) is 0 Å². The Hall–Kier alpha value is -1.57. The van der Waals surface area contributed by atoms with Crippen molar-refractivity contribution in [3.05, 3.63) is 11.8 Å². The molecule has 0 aromatic carbocycles. The number of alkyl halides is 3. The van der Waals surface area contributed by atoms with Crippen LogP contribution in [0.5, 0.6) is 5.88 Å². The molecule has 0 aliphatic carbocycles. The van der Waals surface area contributed by atoms with Crippen LogP contribution in [-0.2, 0) is 6.18 Å². The number of aromatic nitrogens is 2. The van der Waals surface area contributed by atoms with E-state index in [-0.39, 0.29) is 25.0 Å². The largest absolute Gasteiger partial charge is 0.477 e. The molecule has 0 saturated heterocycles. The maximum Gasteiger partial charge on any atom is 0.433 e. The van der Waals surface area contributed by atoms with Crippen molar-refractivity contribution >= 4 is 5.95 Å². The van der Waals surface area contributed by atoms with Gasteiger partial charge < -0.3 is 15.2 Å². The van der Waals surface area contributed by atoms with E-state index < -0.39 is 11.9 Å². The minimum Gasteiger partial charge on any atom is -0.477 e. The highest BCUT2D eigenvalue weighted by Gasteiger charge is 2.34. The summed E-state index contributed by atoms with van der Waals surface area (Å²) >= 11 is 0. The second-order valence-corrected chi connectivity index (χ2v) is 3.37. The Kier molecular flexibility index (Phi) is 5.14. The number of hydrogen-bond acceptors (Lipinski definition) is 5. The summed E-state index contributed by atoms with van der Waals surface area (Å²) in [6.07, 6.45) is -4.23. The molecule has 0 bridgehead atoms. The van der Waals surface area contributed by atoms with Gasteiger partial charge in [-0.1, -0.05) is 0 Å². The highest BCUT2D eigenvalue weighted by atomic mass is 19.4. The summed E-state index contributed by atoms with van der Waals surface area (Å²) < 4.78 is 42.7. The molecular formula is C10H14F3N3O2. The second-order valence-electron chi connectivity index (χ2n) is 3.37. The molecule has 0 amide bonds. The van der Waals surface area contributed by atoms with Crippen molar-refractivity contribution in [2.75, 3.05) is 25.1 Å². The summed E-state index contributed by atoms with van der Waals surface area (Å²) in [5.74, 6) is -0.298. The third-order valence-electron chi connectivity index (χ3n) is 1.88. The summed E-state index contributed by atoms with van der Waals surface area (Å²) in [5, 5.41) is 11.2. The van der Waals surface area contributed by atoms with Gasteiger partial charge in [-0.15, -0.1) is 0 Å². The smallest absolute Gasteiger partial charge is 0.433 e. The fraction of sp³-hybridized carbons (Fsp3) is 0.600. The van der Waals surface area contributed by atoms with Crippen LogP contribution in [0.4, 0.5) is 19.1 Å². The maximum absolute atomic E-state index is 12.6. The molecular weight excluding hydrogens is 251 g/mol. The Balaban J connectivity index is 2.91. The number of ether oxygens (including phenoxy) is 1. The average molecular weight is 265 g/mol. The first-order valence-corrected chi connectivity index (χ1v) is 5.41. The zero-order chi connectivity index (χ0) is 13.6. The molecule has 0 radical (unpaired) electrons. The van der Waals surface area contributed by atoms with Crippen LogP contribution < -0.4 is 10.1 Å². The van der Waals surface area contributed by atoms with E-state index in [1.165, 1.54) is 0 Å². The molecule has 1 aromatic heterocycles. The van der Waals surface area contributed by atoms with E-state index in [2.05, 4.69) is 15.3 Å². The van der Waals surface area contributed by atoms with Gasteiger partial charge in [0.2, 0.25) is 11.8 Å². The van der Waals surface area contributed by atoms with E-state index in [9.17, 15) is 13.2 Å². The molecule has 5 nitrogen and oxygen atoms in total. The molecule has 0 spiro atoms. The molecule has 102 valence electrons. The highest BCUT2D eigenvalue weighted by Crippen LogP contribution is 2.30. The third kappa shape index (κ3) is 4.36. The SMILES string of the molecule is CCNc1nc(OCCCO)cc(C(F)(F)F)n1. The van der Waals surface area contributed by atoms with Gasteiger partial charge in [0.05, 0.1) is 6.61 Å². The predicted octanol–water partition coefficient (Wildman–Crippen LogP) is 1.69. The Morgan fingerprint density at radius 2 is 2.11 bits per heavy atom. The first kappa shape index (κ1) is 14.5. The van der Waals surface area contributed by atoms with E-state index in [0.29, 0.717) is 13.0 Å². The van der Waals surface area contributed by atoms with Crippen LogP contribution >= 0.6 is 0 Å². The Bertz CT molecular complexity index is 385. The molecule has 0 unspecified atom stereocenters. The molecule has 8 heteroatoms. The van der Waals surface area contributed by atoms with Crippen molar-refractivity contribution < 1.29 is 23.0 Å². The molecule has 0 fully saturated rings. The van der Waals surface area contributed by atoms with Crippen molar-refractivity contribution in [1.29, 1.82) is 0 Å². The molecule has 0 atom stereocenters. The average Bonchev–Trinajstić information content (AvgIpc) is 2.28. The van der Waals surface area contributed by atoms with E-state index >= 15 is 0 Å². The minimum absolute atomic E-state index is 0.0936. The molecule has 18 heavy (non-hydrogen) atoms. The normalized spacial score (nSPS) is 11.4. The van der Waals surface area contributed by atoms with Gasteiger partial charge in [0.15, 0.2) is 5.69 Å². The predicted molar refractivity (Wildman–Crippen MR) is 58.4 cm³/mol. The van der Waals surface area contributed by atoms with Gasteiger partial charge >= 0.3 is 6.18 Å². The van der Waals surface area contributed by atoms with E-state index in [1.807, 2.05) is 0 Å². The lowest BCUT2D eigenvalue weighted by atomic mass is 10.4. The van der Waals surface area contributed by atoms with Crippen molar-refractivity contribution in [3.63, 3.8) is 0 Å². The van der Waals surface area contributed by atoms with Crippen molar-refractivity contribution in [3.8, 4) is 5.88 Å². The molecule has 1 aromatic rings. The second kappa shape index (κ2) is 6.39. The van der Waals surface area contributed by atoms with Gasteiger partial charge in [0.25, 0.3) is 0 Å². The summed E-state index contributed by atoms with van der Waals surface area (Å²) in [6.45, 7) is 2.11. The van der Waals surface area contributed by atoms with Gasteiger partial charge in [-0.2, -0.15) is 18.2 Å². The lowest BCUT2D eigenvalue weighted by Crippen LogP contribution is -2.13. The number of aliphatic hydroxyl groups excluding tert-OH is 1. The highest BCUT2D eigenvalue weighted by molar-refractivity contribution is 5.31. The lowest BCUT2D eigenvalue weighted by Gasteiger charge is -2.11. The third-order valence-corrected chi connectivity index (χ3v) is 1.88. The van der Waals surface area contributed by atoms with E-state index in [4.69, 9.17) is 9.84 Å². The van der Waals surface area contributed by atoms with Crippen LogP contribution in [0.1, 0.15) is 19.0 Å². The summed E-state index contributed by atoms with van der Waals surface area (Å²) in [7, 11) is 0. The number of nitrogens with zero attached hydrogens (tertiary/aromatic N) is 2.